The van der Waals surface area contributed by atoms with Crippen molar-refractivity contribution in [1.29, 1.82) is 0 Å². The zero-order valence-electron chi connectivity index (χ0n) is 11.6. The molecule has 0 saturated heterocycles. The van der Waals surface area contributed by atoms with Gasteiger partial charge in [0.15, 0.2) is 5.96 Å². The third-order valence-corrected chi connectivity index (χ3v) is 3.96. The van der Waals surface area contributed by atoms with Gasteiger partial charge in [-0.05, 0) is 36.8 Å². The number of phenolic OH excluding ortho intramolecular Hbond substituents is 1. The summed E-state index contributed by atoms with van der Waals surface area (Å²) in [6, 6.07) is 13.3. The molecular weight excluding hydrogens is 286 g/mol. The van der Waals surface area contributed by atoms with Gasteiger partial charge in [-0.15, -0.1) is 0 Å². The Morgan fingerprint density at radius 3 is 2.62 bits per heavy atom. The summed E-state index contributed by atoms with van der Waals surface area (Å²) in [7, 11) is 0. The number of aliphatic imine (C=N–C) groups is 1. The summed E-state index contributed by atoms with van der Waals surface area (Å²) in [6.45, 7) is 2.61. The average Bonchev–Trinajstić information content (AvgIpc) is 2.85. The zero-order valence-corrected chi connectivity index (χ0v) is 12.4. The number of benzene rings is 2. The van der Waals surface area contributed by atoms with E-state index >= 15 is 0 Å². The second kappa shape index (κ2) is 5.30. The van der Waals surface area contributed by atoms with Gasteiger partial charge in [-0.25, -0.2) is 0 Å². The molecule has 0 amide bonds. The Balaban J connectivity index is 1.98. The van der Waals surface area contributed by atoms with Crippen molar-refractivity contribution in [3.8, 4) is 5.75 Å². The van der Waals surface area contributed by atoms with E-state index in [1.807, 2.05) is 42.2 Å². The molecule has 1 atom stereocenters. The van der Waals surface area contributed by atoms with E-state index < -0.39 is 0 Å². The molecule has 3 rings (SSSR count). The highest BCUT2D eigenvalue weighted by molar-refractivity contribution is 6.32. The smallest absolute Gasteiger partial charge is 0.196 e. The van der Waals surface area contributed by atoms with Crippen molar-refractivity contribution in [2.24, 2.45) is 10.7 Å². The number of rotatable bonds is 2. The summed E-state index contributed by atoms with van der Waals surface area (Å²) in [5.41, 5.74) is 9.20. The highest BCUT2D eigenvalue weighted by atomic mass is 35.5. The number of aromatic hydroxyl groups is 1. The maximum atomic E-state index is 9.55. The van der Waals surface area contributed by atoms with Crippen LogP contribution in [0.15, 0.2) is 47.5 Å². The van der Waals surface area contributed by atoms with Gasteiger partial charge in [0.05, 0.1) is 17.6 Å². The van der Waals surface area contributed by atoms with E-state index in [-0.39, 0.29) is 11.8 Å². The SMILES string of the molecule is Cc1ccc(N2C(N)=NCC2c2ccc(O)c(Cl)c2)cc1. The van der Waals surface area contributed by atoms with Crippen LogP contribution in [0.25, 0.3) is 0 Å². The first-order valence-electron chi connectivity index (χ1n) is 6.70. The summed E-state index contributed by atoms with van der Waals surface area (Å²) < 4.78 is 0. The van der Waals surface area contributed by atoms with Crippen LogP contribution < -0.4 is 10.6 Å². The molecule has 1 heterocycles. The van der Waals surface area contributed by atoms with Crippen LogP contribution in [0.4, 0.5) is 5.69 Å². The monoisotopic (exact) mass is 301 g/mol. The van der Waals surface area contributed by atoms with Crippen molar-refractivity contribution in [2.75, 3.05) is 11.4 Å². The highest BCUT2D eigenvalue weighted by Crippen LogP contribution is 2.34. The first kappa shape index (κ1) is 13.8. The Morgan fingerprint density at radius 2 is 1.95 bits per heavy atom. The fourth-order valence-corrected chi connectivity index (χ4v) is 2.69. The van der Waals surface area contributed by atoms with E-state index in [2.05, 4.69) is 4.99 Å². The van der Waals surface area contributed by atoms with Gasteiger partial charge in [0, 0.05) is 5.69 Å². The van der Waals surface area contributed by atoms with Crippen molar-refractivity contribution in [3.05, 3.63) is 58.6 Å². The number of guanidine groups is 1. The van der Waals surface area contributed by atoms with Crippen LogP contribution >= 0.6 is 11.6 Å². The average molecular weight is 302 g/mol. The predicted octanol–water partition coefficient (Wildman–Crippen LogP) is 3.23. The molecule has 2 aromatic rings. The second-order valence-electron chi connectivity index (χ2n) is 5.13. The number of nitrogens with two attached hydrogens (primary N) is 1. The quantitative estimate of drug-likeness (QED) is 0.895. The summed E-state index contributed by atoms with van der Waals surface area (Å²) in [5, 5.41) is 9.89. The molecule has 21 heavy (non-hydrogen) atoms. The molecule has 0 bridgehead atoms. The van der Waals surface area contributed by atoms with Crippen LogP contribution in [0.2, 0.25) is 5.02 Å². The largest absolute Gasteiger partial charge is 0.506 e. The first-order chi connectivity index (χ1) is 10.1. The third kappa shape index (κ3) is 2.54. The van der Waals surface area contributed by atoms with Crippen molar-refractivity contribution < 1.29 is 5.11 Å². The first-order valence-corrected chi connectivity index (χ1v) is 7.08. The van der Waals surface area contributed by atoms with Gasteiger partial charge in [0.2, 0.25) is 0 Å². The van der Waals surface area contributed by atoms with Gasteiger partial charge in [-0.2, -0.15) is 0 Å². The second-order valence-corrected chi connectivity index (χ2v) is 5.54. The molecule has 0 radical (unpaired) electrons. The van der Waals surface area contributed by atoms with Crippen LogP contribution in [0.3, 0.4) is 0 Å². The van der Waals surface area contributed by atoms with E-state index in [1.165, 1.54) is 5.56 Å². The van der Waals surface area contributed by atoms with Crippen LogP contribution in [0.1, 0.15) is 17.2 Å². The summed E-state index contributed by atoms with van der Waals surface area (Å²) in [5.74, 6) is 0.572. The molecular formula is C16H16ClN3O. The molecule has 3 N–H and O–H groups in total. The summed E-state index contributed by atoms with van der Waals surface area (Å²) >= 11 is 6.01. The number of halogens is 1. The molecule has 1 aliphatic heterocycles. The van der Waals surface area contributed by atoms with Gasteiger partial charge in [0.25, 0.3) is 0 Å². The van der Waals surface area contributed by atoms with Crippen molar-refractivity contribution in [3.63, 3.8) is 0 Å². The Hall–Kier alpha value is -2.20. The molecule has 0 aliphatic carbocycles. The van der Waals surface area contributed by atoms with Crippen molar-refractivity contribution in [1.82, 2.24) is 0 Å². The summed E-state index contributed by atoms with van der Waals surface area (Å²) in [6.07, 6.45) is 0. The minimum atomic E-state index is -0.00851. The van der Waals surface area contributed by atoms with E-state index in [0.29, 0.717) is 17.5 Å². The molecule has 2 aromatic carbocycles. The maximum absolute atomic E-state index is 9.55. The van der Waals surface area contributed by atoms with E-state index in [1.54, 1.807) is 12.1 Å². The molecule has 0 fully saturated rings. The van der Waals surface area contributed by atoms with Gasteiger partial charge in [-0.1, -0.05) is 35.4 Å². The van der Waals surface area contributed by atoms with E-state index in [0.717, 1.165) is 11.3 Å². The topological polar surface area (TPSA) is 61.8 Å². The fourth-order valence-electron chi connectivity index (χ4n) is 2.50. The lowest BCUT2D eigenvalue weighted by Gasteiger charge is -2.27. The Morgan fingerprint density at radius 1 is 1.24 bits per heavy atom. The molecule has 108 valence electrons. The lowest BCUT2D eigenvalue weighted by molar-refractivity contribution is 0.475. The fraction of sp³-hybridized carbons (Fsp3) is 0.188. The lowest BCUT2D eigenvalue weighted by Crippen LogP contribution is -2.36. The molecule has 0 saturated carbocycles. The van der Waals surface area contributed by atoms with Crippen LogP contribution in [-0.4, -0.2) is 17.6 Å². The predicted molar refractivity (Wildman–Crippen MR) is 86.0 cm³/mol. The molecule has 0 spiro atoms. The number of phenols is 1. The van der Waals surface area contributed by atoms with Gasteiger partial charge in [-0.3, -0.25) is 4.99 Å². The molecule has 1 aliphatic rings. The Bertz CT molecular complexity index is 697. The number of hydrogen-bond acceptors (Lipinski definition) is 4. The minimum absolute atomic E-state index is 0.00851. The Labute approximate surface area is 128 Å². The van der Waals surface area contributed by atoms with E-state index in [4.69, 9.17) is 17.3 Å². The van der Waals surface area contributed by atoms with Gasteiger partial charge < -0.3 is 15.7 Å². The number of anilines is 1. The molecule has 1 unspecified atom stereocenters. The van der Waals surface area contributed by atoms with Crippen LogP contribution in [0, 0.1) is 6.92 Å². The van der Waals surface area contributed by atoms with Crippen LogP contribution in [0.5, 0.6) is 5.75 Å². The van der Waals surface area contributed by atoms with Crippen LogP contribution in [-0.2, 0) is 0 Å². The summed E-state index contributed by atoms with van der Waals surface area (Å²) in [4.78, 5) is 6.33. The van der Waals surface area contributed by atoms with Gasteiger partial charge >= 0.3 is 0 Å². The van der Waals surface area contributed by atoms with Gasteiger partial charge in [0.1, 0.15) is 5.75 Å². The number of nitrogens with zero attached hydrogens (tertiary/aromatic N) is 2. The molecule has 5 heteroatoms. The Kier molecular flexibility index (Phi) is 3.47. The minimum Gasteiger partial charge on any atom is -0.506 e. The van der Waals surface area contributed by atoms with E-state index in [9.17, 15) is 5.11 Å². The zero-order chi connectivity index (χ0) is 15.0. The number of aryl methyl sites for hydroxylation is 1. The standard InChI is InChI=1S/C16H16ClN3O/c1-10-2-5-12(6-3-10)20-14(9-19-16(20)18)11-4-7-15(21)13(17)8-11/h2-8,14,21H,9H2,1H3,(H2,18,19). The molecule has 4 nitrogen and oxygen atoms in total. The van der Waals surface area contributed by atoms with Crippen molar-refractivity contribution >= 4 is 23.2 Å². The third-order valence-electron chi connectivity index (χ3n) is 3.65. The maximum Gasteiger partial charge on any atom is 0.196 e. The highest BCUT2D eigenvalue weighted by Gasteiger charge is 2.29. The molecule has 0 aromatic heterocycles. The lowest BCUT2D eigenvalue weighted by atomic mass is 10.1. The normalized spacial score (nSPS) is 17.9. The number of hydrogen-bond donors (Lipinski definition) is 2. The van der Waals surface area contributed by atoms with Crippen molar-refractivity contribution in [2.45, 2.75) is 13.0 Å².